The fourth-order valence-electron chi connectivity index (χ4n) is 2.23. The smallest absolute Gasteiger partial charge is 0.280 e. The molecule has 1 atom stereocenters. The molecule has 0 saturated heterocycles. The lowest BCUT2D eigenvalue weighted by Gasteiger charge is -2.12. The summed E-state index contributed by atoms with van der Waals surface area (Å²) in [7, 11) is 0. The number of fused-ring (bicyclic) bond motifs is 1. The second-order valence-corrected chi connectivity index (χ2v) is 6.40. The summed E-state index contributed by atoms with van der Waals surface area (Å²) >= 11 is 1.57. The number of thiazole rings is 1. The second-order valence-electron chi connectivity index (χ2n) is 5.28. The molecule has 3 aromatic rings. The average Bonchev–Trinajstić information content (AvgIpc) is 2.96. The Bertz CT molecular complexity index is 835. The molecule has 0 fully saturated rings. The van der Waals surface area contributed by atoms with Gasteiger partial charge >= 0.3 is 0 Å². The van der Waals surface area contributed by atoms with Crippen LogP contribution in [0.5, 0.6) is 0 Å². The minimum atomic E-state index is -2.74. The lowest BCUT2D eigenvalue weighted by Crippen LogP contribution is -2.34. The molecule has 0 radical (unpaired) electrons. The number of halogens is 2. The van der Waals surface area contributed by atoms with Gasteiger partial charge in [0.1, 0.15) is 17.7 Å². The molecule has 0 spiro atoms. The van der Waals surface area contributed by atoms with Gasteiger partial charge in [-0.25, -0.2) is 23.7 Å². The van der Waals surface area contributed by atoms with E-state index in [9.17, 15) is 13.6 Å². The molecular weight excluding hydrogens is 334 g/mol. The predicted molar refractivity (Wildman–Crippen MR) is 87.2 cm³/mol. The summed E-state index contributed by atoms with van der Waals surface area (Å²) in [6.07, 6.45) is -1.22. The molecule has 0 aliphatic heterocycles. The van der Waals surface area contributed by atoms with Gasteiger partial charge in [-0.2, -0.15) is 0 Å². The van der Waals surface area contributed by atoms with Crippen LogP contribution in [0.3, 0.4) is 0 Å². The number of para-hydroxylation sites is 1. The van der Waals surface area contributed by atoms with Gasteiger partial charge in [0.05, 0.1) is 15.2 Å². The SMILES string of the molecule is CC(Cc1nc2ccccc2s1)NC(=O)c1cc(C(F)F)ncn1. The Morgan fingerprint density at radius 1 is 1.29 bits per heavy atom. The Labute approximate surface area is 140 Å². The first-order valence-corrected chi connectivity index (χ1v) is 8.10. The van der Waals surface area contributed by atoms with Crippen LogP contribution in [0.2, 0.25) is 0 Å². The van der Waals surface area contributed by atoms with Gasteiger partial charge in [0.2, 0.25) is 0 Å². The van der Waals surface area contributed by atoms with Crippen molar-refractivity contribution in [3.8, 4) is 0 Å². The van der Waals surface area contributed by atoms with Crippen LogP contribution in [0.4, 0.5) is 8.78 Å². The van der Waals surface area contributed by atoms with Crippen molar-refractivity contribution in [2.24, 2.45) is 0 Å². The first-order chi connectivity index (χ1) is 11.5. The van der Waals surface area contributed by atoms with Crippen molar-refractivity contribution in [3.05, 3.63) is 53.1 Å². The van der Waals surface area contributed by atoms with Gasteiger partial charge in [0.15, 0.2) is 0 Å². The average molecular weight is 348 g/mol. The molecule has 1 unspecified atom stereocenters. The molecular formula is C16H14F2N4OS. The van der Waals surface area contributed by atoms with Crippen molar-refractivity contribution in [1.29, 1.82) is 0 Å². The maximum atomic E-state index is 12.6. The molecule has 124 valence electrons. The molecule has 3 rings (SSSR count). The molecule has 0 saturated carbocycles. The molecule has 8 heteroatoms. The highest BCUT2D eigenvalue weighted by atomic mass is 32.1. The van der Waals surface area contributed by atoms with Gasteiger partial charge in [-0.3, -0.25) is 4.79 Å². The lowest BCUT2D eigenvalue weighted by molar-refractivity contribution is 0.0934. The van der Waals surface area contributed by atoms with Gasteiger partial charge in [0, 0.05) is 12.5 Å². The van der Waals surface area contributed by atoms with Gasteiger partial charge in [0.25, 0.3) is 12.3 Å². The van der Waals surface area contributed by atoms with E-state index in [2.05, 4.69) is 20.3 Å². The van der Waals surface area contributed by atoms with Crippen LogP contribution < -0.4 is 5.32 Å². The topological polar surface area (TPSA) is 67.8 Å². The van der Waals surface area contributed by atoms with E-state index in [0.717, 1.165) is 27.6 Å². The number of carbonyl (C=O) groups excluding carboxylic acids is 1. The third-order valence-electron chi connectivity index (χ3n) is 3.34. The molecule has 0 aliphatic carbocycles. The number of amides is 1. The third kappa shape index (κ3) is 3.70. The summed E-state index contributed by atoms with van der Waals surface area (Å²) in [4.78, 5) is 23.8. The van der Waals surface area contributed by atoms with Crippen LogP contribution in [0.25, 0.3) is 10.2 Å². The van der Waals surface area contributed by atoms with Gasteiger partial charge < -0.3 is 5.32 Å². The first-order valence-electron chi connectivity index (χ1n) is 7.28. The van der Waals surface area contributed by atoms with Crippen LogP contribution in [0, 0.1) is 0 Å². The summed E-state index contributed by atoms with van der Waals surface area (Å²) in [5.41, 5.74) is 0.388. The highest BCUT2D eigenvalue weighted by Gasteiger charge is 2.16. The molecule has 5 nitrogen and oxygen atoms in total. The number of aromatic nitrogens is 3. The number of rotatable bonds is 5. The highest BCUT2D eigenvalue weighted by Crippen LogP contribution is 2.22. The van der Waals surface area contributed by atoms with Crippen LogP contribution in [-0.4, -0.2) is 26.9 Å². The van der Waals surface area contributed by atoms with Crippen molar-refractivity contribution in [1.82, 2.24) is 20.3 Å². The molecule has 1 aromatic carbocycles. The van der Waals surface area contributed by atoms with Crippen LogP contribution >= 0.6 is 11.3 Å². The molecule has 24 heavy (non-hydrogen) atoms. The Morgan fingerprint density at radius 3 is 2.83 bits per heavy atom. The second kappa shape index (κ2) is 6.96. The van der Waals surface area contributed by atoms with Crippen molar-refractivity contribution < 1.29 is 13.6 Å². The Morgan fingerprint density at radius 2 is 2.08 bits per heavy atom. The van der Waals surface area contributed by atoms with Crippen LogP contribution in [0.1, 0.15) is 34.5 Å². The van der Waals surface area contributed by atoms with E-state index < -0.39 is 18.0 Å². The Hall–Kier alpha value is -2.48. The third-order valence-corrected chi connectivity index (χ3v) is 4.40. The lowest BCUT2D eigenvalue weighted by atomic mass is 10.2. The highest BCUT2D eigenvalue weighted by molar-refractivity contribution is 7.18. The normalized spacial score (nSPS) is 12.5. The maximum Gasteiger partial charge on any atom is 0.280 e. The van der Waals surface area contributed by atoms with Crippen molar-refractivity contribution in [2.45, 2.75) is 25.8 Å². The van der Waals surface area contributed by atoms with Crippen molar-refractivity contribution >= 4 is 27.5 Å². The summed E-state index contributed by atoms with van der Waals surface area (Å²) in [6, 6.07) is 8.60. The molecule has 2 heterocycles. The van der Waals surface area contributed by atoms with E-state index in [4.69, 9.17) is 0 Å². The van der Waals surface area contributed by atoms with Crippen LogP contribution in [-0.2, 0) is 6.42 Å². The summed E-state index contributed by atoms with van der Waals surface area (Å²) in [6.45, 7) is 1.83. The Balaban J connectivity index is 1.66. The van der Waals surface area contributed by atoms with E-state index >= 15 is 0 Å². The standard InChI is InChI=1S/C16H14F2N4OS/c1-9(6-14-22-10-4-2-3-5-13(10)24-14)21-16(23)12-7-11(15(17)18)19-8-20-12/h2-5,7-9,15H,6H2,1H3,(H,21,23). The zero-order chi connectivity index (χ0) is 17.1. The van der Waals surface area contributed by atoms with E-state index in [-0.39, 0.29) is 11.7 Å². The zero-order valence-electron chi connectivity index (χ0n) is 12.7. The van der Waals surface area contributed by atoms with Crippen molar-refractivity contribution in [3.63, 3.8) is 0 Å². The number of benzene rings is 1. The fraction of sp³-hybridized carbons (Fsp3) is 0.250. The van der Waals surface area contributed by atoms with E-state index in [1.165, 1.54) is 0 Å². The summed E-state index contributed by atoms with van der Waals surface area (Å²) in [5, 5.41) is 3.65. The van der Waals surface area contributed by atoms with Gasteiger partial charge in [-0.05, 0) is 25.1 Å². The molecule has 1 amide bonds. The number of hydrogen-bond donors (Lipinski definition) is 1. The van der Waals surface area contributed by atoms with E-state index in [1.54, 1.807) is 11.3 Å². The van der Waals surface area contributed by atoms with Gasteiger partial charge in [-0.15, -0.1) is 11.3 Å². The van der Waals surface area contributed by atoms with E-state index in [0.29, 0.717) is 6.42 Å². The number of alkyl halides is 2. The number of hydrogen-bond acceptors (Lipinski definition) is 5. The largest absolute Gasteiger partial charge is 0.348 e. The zero-order valence-corrected chi connectivity index (χ0v) is 13.6. The van der Waals surface area contributed by atoms with Gasteiger partial charge in [-0.1, -0.05) is 12.1 Å². The number of nitrogens with one attached hydrogen (secondary N) is 1. The molecule has 0 bridgehead atoms. The monoisotopic (exact) mass is 348 g/mol. The Kier molecular flexibility index (Phi) is 4.75. The minimum Gasteiger partial charge on any atom is -0.348 e. The maximum absolute atomic E-state index is 12.6. The predicted octanol–water partition coefficient (Wildman–Crippen LogP) is 3.38. The quantitative estimate of drug-likeness (QED) is 0.767. The molecule has 2 aromatic heterocycles. The van der Waals surface area contributed by atoms with Crippen molar-refractivity contribution in [2.75, 3.05) is 0 Å². The minimum absolute atomic E-state index is 0.0727. The molecule has 0 aliphatic rings. The van der Waals surface area contributed by atoms with E-state index in [1.807, 2.05) is 31.2 Å². The van der Waals surface area contributed by atoms with Crippen LogP contribution in [0.15, 0.2) is 36.7 Å². The number of nitrogens with zero attached hydrogens (tertiary/aromatic N) is 3. The summed E-state index contributed by atoms with van der Waals surface area (Å²) < 4.78 is 26.4. The number of carbonyl (C=O) groups is 1. The first kappa shape index (κ1) is 16.4. The summed E-state index contributed by atoms with van der Waals surface area (Å²) in [5.74, 6) is -0.507. The fourth-order valence-corrected chi connectivity index (χ4v) is 3.33. The molecule has 1 N–H and O–H groups in total.